The lowest BCUT2D eigenvalue weighted by Crippen LogP contribution is -2.26. The molecule has 3 atom stereocenters. The monoisotopic (exact) mass is 363 g/mol. The van der Waals surface area contributed by atoms with Crippen LogP contribution in [0, 0.1) is 5.92 Å². The summed E-state index contributed by atoms with van der Waals surface area (Å²) in [6.07, 6.45) is 8.33. The van der Waals surface area contributed by atoms with Crippen LogP contribution < -0.4 is 0 Å². The molecular formula is C18H19BrClN. The van der Waals surface area contributed by atoms with E-state index in [0.29, 0.717) is 16.7 Å². The molecule has 110 valence electrons. The fourth-order valence-corrected chi connectivity index (χ4v) is 4.18. The van der Waals surface area contributed by atoms with E-state index in [4.69, 9.17) is 11.6 Å². The smallest absolute Gasteiger partial charge is 0.0621 e. The molecule has 2 aromatic rings. The number of rotatable bonds is 3. The van der Waals surface area contributed by atoms with Crippen LogP contribution in [0.1, 0.15) is 36.3 Å². The molecular weight excluding hydrogens is 346 g/mol. The Hall–Kier alpha value is -0.860. The molecule has 0 spiro atoms. The number of hydrogen-bond donors (Lipinski definition) is 0. The lowest BCUT2D eigenvalue weighted by atomic mass is 9.76. The third-order valence-electron chi connectivity index (χ3n) is 4.50. The van der Waals surface area contributed by atoms with E-state index in [-0.39, 0.29) is 0 Å². The van der Waals surface area contributed by atoms with Gasteiger partial charge >= 0.3 is 0 Å². The van der Waals surface area contributed by atoms with Crippen LogP contribution in [0.15, 0.2) is 48.8 Å². The maximum absolute atomic E-state index is 6.27. The molecule has 1 aromatic heterocycles. The summed E-state index contributed by atoms with van der Waals surface area (Å²) >= 11 is 10.1. The summed E-state index contributed by atoms with van der Waals surface area (Å²) < 4.78 is 0. The first-order valence-electron chi connectivity index (χ1n) is 7.51. The standard InChI is InChI=1S/C18H19BrClN/c19-17-7-6-14(13-4-2-1-3-5-13)10-16(17)11-15-8-9-21-12-18(15)20/h1-5,8-9,12,14,16-17H,6-7,10-11H2. The number of pyridine rings is 1. The van der Waals surface area contributed by atoms with E-state index in [9.17, 15) is 0 Å². The van der Waals surface area contributed by atoms with Gasteiger partial charge < -0.3 is 0 Å². The highest BCUT2D eigenvalue weighted by Crippen LogP contribution is 2.41. The molecule has 1 heterocycles. The van der Waals surface area contributed by atoms with Gasteiger partial charge in [0.1, 0.15) is 0 Å². The summed E-state index contributed by atoms with van der Waals surface area (Å²) in [7, 11) is 0. The van der Waals surface area contributed by atoms with Crippen molar-refractivity contribution in [2.75, 3.05) is 0 Å². The largest absolute Gasteiger partial charge is 0.263 e. The molecule has 1 aliphatic carbocycles. The first-order chi connectivity index (χ1) is 10.2. The van der Waals surface area contributed by atoms with Crippen molar-refractivity contribution >= 4 is 27.5 Å². The summed E-state index contributed by atoms with van der Waals surface area (Å²) in [5.41, 5.74) is 2.69. The molecule has 1 nitrogen and oxygen atoms in total. The van der Waals surface area contributed by atoms with Gasteiger partial charge in [-0.2, -0.15) is 0 Å². The number of hydrogen-bond acceptors (Lipinski definition) is 1. The Kier molecular flexibility index (Phi) is 4.97. The van der Waals surface area contributed by atoms with Crippen molar-refractivity contribution in [3.63, 3.8) is 0 Å². The molecule has 0 N–H and O–H groups in total. The molecule has 0 bridgehead atoms. The molecule has 0 aliphatic heterocycles. The van der Waals surface area contributed by atoms with Crippen LogP contribution in [0.4, 0.5) is 0 Å². The topological polar surface area (TPSA) is 12.9 Å². The summed E-state index contributed by atoms with van der Waals surface area (Å²) in [6.45, 7) is 0. The maximum Gasteiger partial charge on any atom is 0.0621 e. The zero-order valence-corrected chi connectivity index (χ0v) is 14.2. The van der Waals surface area contributed by atoms with E-state index >= 15 is 0 Å². The Labute approximate surface area is 139 Å². The van der Waals surface area contributed by atoms with Gasteiger partial charge in [0.25, 0.3) is 0 Å². The molecule has 0 amide bonds. The second-order valence-corrected chi connectivity index (χ2v) is 7.45. The Morgan fingerprint density at radius 3 is 2.71 bits per heavy atom. The highest BCUT2D eigenvalue weighted by molar-refractivity contribution is 9.09. The summed E-state index contributed by atoms with van der Waals surface area (Å²) in [5, 5.41) is 0.791. The van der Waals surface area contributed by atoms with Gasteiger partial charge in [-0.1, -0.05) is 57.9 Å². The second-order valence-electron chi connectivity index (χ2n) is 5.87. The van der Waals surface area contributed by atoms with Gasteiger partial charge in [-0.3, -0.25) is 4.98 Å². The normalized spacial score (nSPS) is 25.7. The van der Waals surface area contributed by atoms with Crippen LogP contribution in [0.2, 0.25) is 5.02 Å². The molecule has 3 unspecified atom stereocenters. The minimum absolute atomic E-state index is 0.585. The highest BCUT2D eigenvalue weighted by Gasteiger charge is 2.30. The van der Waals surface area contributed by atoms with Gasteiger partial charge in [0.05, 0.1) is 5.02 Å². The summed E-state index contributed by atoms with van der Waals surface area (Å²) in [6, 6.07) is 12.9. The molecule has 1 aliphatic rings. The fourth-order valence-electron chi connectivity index (χ4n) is 3.32. The Bertz CT molecular complexity index is 587. The molecule has 0 saturated heterocycles. The predicted octanol–water partition coefficient (Wildman–Crippen LogP) is 5.62. The fraction of sp³-hybridized carbons (Fsp3) is 0.389. The third-order valence-corrected chi connectivity index (χ3v) is 6.05. The second kappa shape index (κ2) is 6.93. The van der Waals surface area contributed by atoms with Crippen LogP contribution in [0.5, 0.6) is 0 Å². The van der Waals surface area contributed by atoms with Crippen LogP contribution in [-0.4, -0.2) is 9.81 Å². The molecule has 1 saturated carbocycles. The molecule has 21 heavy (non-hydrogen) atoms. The Morgan fingerprint density at radius 1 is 1.14 bits per heavy atom. The predicted molar refractivity (Wildman–Crippen MR) is 92.2 cm³/mol. The first kappa shape index (κ1) is 15.1. The zero-order valence-electron chi connectivity index (χ0n) is 11.9. The number of benzene rings is 1. The van der Waals surface area contributed by atoms with Crippen molar-refractivity contribution in [2.24, 2.45) is 5.92 Å². The van der Waals surface area contributed by atoms with E-state index in [2.05, 4.69) is 51.2 Å². The van der Waals surface area contributed by atoms with Crippen molar-refractivity contribution < 1.29 is 0 Å². The van der Waals surface area contributed by atoms with Crippen molar-refractivity contribution in [1.82, 2.24) is 4.98 Å². The van der Waals surface area contributed by atoms with Gasteiger partial charge in [0, 0.05) is 17.2 Å². The van der Waals surface area contributed by atoms with Crippen LogP contribution in [0.3, 0.4) is 0 Å². The van der Waals surface area contributed by atoms with Crippen LogP contribution >= 0.6 is 27.5 Å². The van der Waals surface area contributed by atoms with E-state index in [1.54, 1.807) is 6.20 Å². The minimum atomic E-state index is 0.585. The average molecular weight is 365 g/mol. The van der Waals surface area contributed by atoms with Gasteiger partial charge in [0.2, 0.25) is 0 Å². The molecule has 1 aromatic carbocycles. The lowest BCUT2D eigenvalue weighted by molar-refractivity contribution is 0.335. The lowest BCUT2D eigenvalue weighted by Gasteiger charge is -2.34. The van der Waals surface area contributed by atoms with Crippen LogP contribution in [0.25, 0.3) is 0 Å². The minimum Gasteiger partial charge on any atom is -0.263 e. The van der Waals surface area contributed by atoms with Crippen molar-refractivity contribution in [3.8, 4) is 0 Å². The van der Waals surface area contributed by atoms with Crippen molar-refractivity contribution in [2.45, 2.75) is 36.4 Å². The first-order valence-corrected chi connectivity index (χ1v) is 8.81. The Balaban J connectivity index is 1.74. The van der Waals surface area contributed by atoms with Crippen LogP contribution in [-0.2, 0) is 6.42 Å². The summed E-state index contributed by atoms with van der Waals surface area (Å²) in [4.78, 5) is 4.66. The third kappa shape index (κ3) is 3.67. The van der Waals surface area contributed by atoms with Gasteiger partial charge in [-0.25, -0.2) is 0 Å². The van der Waals surface area contributed by atoms with E-state index in [0.717, 1.165) is 11.4 Å². The molecule has 3 heteroatoms. The number of nitrogens with zero attached hydrogens (tertiary/aromatic N) is 1. The highest BCUT2D eigenvalue weighted by atomic mass is 79.9. The number of aromatic nitrogens is 1. The quantitative estimate of drug-likeness (QED) is 0.644. The average Bonchev–Trinajstić information content (AvgIpc) is 2.52. The number of alkyl halides is 1. The van der Waals surface area contributed by atoms with Gasteiger partial charge in [-0.05, 0) is 54.7 Å². The zero-order chi connectivity index (χ0) is 14.7. The molecule has 3 rings (SSSR count). The van der Waals surface area contributed by atoms with E-state index in [1.807, 2.05) is 12.3 Å². The SMILES string of the molecule is Clc1cnccc1CC1CC(c2ccccc2)CCC1Br. The van der Waals surface area contributed by atoms with Gasteiger partial charge in [-0.15, -0.1) is 0 Å². The maximum atomic E-state index is 6.27. The molecule has 1 fully saturated rings. The number of halogens is 2. The van der Waals surface area contributed by atoms with Crippen molar-refractivity contribution in [3.05, 3.63) is 64.9 Å². The van der Waals surface area contributed by atoms with Crippen molar-refractivity contribution in [1.29, 1.82) is 0 Å². The molecule has 0 radical (unpaired) electrons. The van der Waals surface area contributed by atoms with E-state index in [1.165, 1.54) is 30.4 Å². The Morgan fingerprint density at radius 2 is 1.95 bits per heavy atom. The van der Waals surface area contributed by atoms with E-state index < -0.39 is 0 Å². The van der Waals surface area contributed by atoms with Gasteiger partial charge in [0.15, 0.2) is 0 Å². The summed E-state index contributed by atoms with van der Waals surface area (Å²) in [5.74, 6) is 1.30.